The largest absolute Gasteiger partial charge is 0.376 e. The van der Waals surface area contributed by atoms with Crippen LogP contribution in [0.1, 0.15) is 16.8 Å². The molecular weight excluding hydrogens is 224 g/mol. The molecule has 2 saturated heterocycles. The van der Waals surface area contributed by atoms with Gasteiger partial charge < -0.3 is 9.80 Å². The monoisotopic (exact) mass is 240 g/mol. The topological polar surface area (TPSA) is 23.6 Å². The minimum absolute atomic E-state index is 0.165. The molecule has 1 aromatic rings. The van der Waals surface area contributed by atoms with Crippen molar-refractivity contribution >= 4 is 5.91 Å². The molecule has 1 amide bonds. The van der Waals surface area contributed by atoms with Crippen molar-refractivity contribution in [2.75, 3.05) is 19.6 Å². The Labute approximate surface area is 107 Å². The minimum Gasteiger partial charge on any atom is -0.376 e. The van der Waals surface area contributed by atoms with E-state index >= 15 is 0 Å². The standard InChI is InChI=1S/C15H16N2O/c18-15(11-4-2-1-3-5-11)17-9-12-8-16-7-6-13(12)14(17)10-16/h1-5,10,12-13H,6-9H2. The Kier molecular flexibility index (Phi) is 2.04. The molecule has 3 nitrogen and oxygen atoms in total. The molecule has 2 atom stereocenters. The van der Waals surface area contributed by atoms with Gasteiger partial charge in [-0.3, -0.25) is 4.79 Å². The van der Waals surface area contributed by atoms with E-state index in [2.05, 4.69) is 11.1 Å². The first-order valence-electron chi connectivity index (χ1n) is 6.65. The van der Waals surface area contributed by atoms with Gasteiger partial charge in [-0.2, -0.15) is 0 Å². The van der Waals surface area contributed by atoms with Gasteiger partial charge in [0.1, 0.15) is 0 Å². The van der Waals surface area contributed by atoms with E-state index in [1.807, 2.05) is 35.2 Å². The molecule has 0 N–H and O–H groups in total. The van der Waals surface area contributed by atoms with Crippen LogP contribution in [0.15, 0.2) is 42.2 Å². The lowest BCUT2D eigenvalue weighted by atomic mass is 9.84. The molecule has 2 unspecified atom stereocenters. The molecule has 0 radical (unpaired) electrons. The fourth-order valence-corrected chi connectivity index (χ4v) is 3.58. The molecule has 4 bridgehead atoms. The predicted octanol–water partition coefficient (Wildman–Crippen LogP) is 1.94. The molecule has 92 valence electrons. The normalized spacial score (nSPS) is 28.6. The summed E-state index contributed by atoms with van der Waals surface area (Å²) in [6.07, 6.45) is 3.42. The van der Waals surface area contributed by atoms with E-state index in [4.69, 9.17) is 0 Å². The first kappa shape index (κ1) is 10.2. The van der Waals surface area contributed by atoms with Crippen LogP contribution < -0.4 is 0 Å². The van der Waals surface area contributed by atoms with Gasteiger partial charge in [0.05, 0.1) is 0 Å². The molecule has 4 aliphatic rings. The van der Waals surface area contributed by atoms with Crippen LogP contribution in [0.25, 0.3) is 0 Å². The summed E-state index contributed by atoms with van der Waals surface area (Å²) in [6, 6.07) is 9.62. The lowest BCUT2D eigenvalue weighted by molar-refractivity contribution is 0.0820. The van der Waals surface area contributed by atoms with Crippen molar-refractivity contribution in [2.24, 2.45) is 11.8 Å². The second-order valence-electron chi connectivity index (χ2n) is 5.49. The lowest BCUT2D eigenvalue weighted by Crippen LogP contribution is -2.40. The molecule has 18 heavy (non-hydrogen) atoms. The predicted molar refractivity (Wildman–Crippen MR) is 68.7 cm³/mol. The Bertz CT molecular complexity index is 523. The highest BCUT2D eigenvalue weighted by molar-refractivity contribution is 5.95. The molecule has 1 aromatic carbocycles. The quantitative estimate of drug-likeness (QED) is 0.749. The van der Waals surface area contributed by atoms with Crippen LogP contribution in [0, 0.1) is 11.8 Å². The maximum absolute atomic E-state index is 12.5. The second kappa shape index (κ2) is 3.61. The van der Waals surface area contributed by atoms with Crippen LogP contribution in [0.5, 0.6) is 0 Å². The van der Waals surface area contributed by atoms with Gasteiger partial charge in [-0.05, 0) is 18.6 Å². The van der Waals surface area contributed by atoms with Gasteiger partial charge in [0.2, 0.25) is 0 Å². The summed E-state index contributed by atoms with van der Waals surface area (Å²) in [4.78, 5) is 16.9. The van der Waals surface area contributed by atoms with Crippen molar-refractivity contribution in [3.8, 4) is 0 Å². The Hall–Kier alpha value is -1.77. The summed E-state index contributed by atoms with van der Waals surface area (Å²) in [5.41, 5.74) is 2.06. The van der Waals surface area contributed by atoms with Gasteiger partial charge in [-0.25, -0.2) is 0 Å². The number of amides is 1. The molecule has 0 aliphatic carbocycles. The van der Waals surface area contributed by atoms with Crippen LogP contribution in [-0.4, -0.2) is 35.3 Å². The number of benzene rings is 1. The third-order valence-electron chi connectivity index (χ3n) is 4.45. The maximum atomic E-state index is 12.5. The lowest BCUT2D eigenvalue weighted by Gasteiger charge is -2.39. The third kappa shape index (κ3) is 1.33. The summed E-state index contributed by atoms with van der Waals surface area (Å²) in [6.45, 7) is 3.20. The fraction of sp³-hybridized carbons (Fsp3) is 0.400. The fourth-order valence-electron chi connectivity index (χ4n) is 3.58. The number of nitrogens with zero attached hydrogens (tertiary/aromatic N) is 2. The molecule has 4 heterocycles. The van der Waals surface area contributed by atoms with E-state index in [9.17, 15) is 4.79 Å². The van der Waals surface area contributed by atoms with E-state index in [-0.39, 0.29) is 5.91 Å². The molecule has 4 aliphatic heterocycles. The average Bonchev–Trinajstić information content (AvgIpc) is 2.71. The smallest absolute Gasteiger partial charge is 0.258 e. The van der Waals surface area contributed by atoms with Crippen molar-refractivity contribution in [3.05, 3.63) is 47.8 Å². The van der Waals surface area contributed by atoms with Gasteiger partial charge in [-0.1, -0.05) is 18.2 Å². The zero-order valence-corrected chi connectivity index (χ0v) is 10.2. The number of rotatable bonds is 1. The van der Waals surface area contributed by atoms with E-state index in [1.54, 1.807) is 0 Å². The highest BCUT2D eigenvalue weighted by atomic mass is 16.2. The van der Waals surface area contributed by atoms with E-state index in [0.29, 0.717) is 11.8 Å². The van der Waals surface area contributed by atoms with Crippen molar-refractivity contribution in [3.63, 3.8) is 0 Å². The van der Waals surface area contributed by atoms with Crippen molar-refractivity contribution in [2.45, 2.75) is 6.42 Å². The Morgan fingerprint density at radius 3 is 2.72 bits per heavy atom. The van der Waals surface area contributed by atoms with Crippen LogP contribution in [0.2, 0.25) is 0 Å². The van der Waals surface area contributed by atoms with E-state index in [0.717, 1.165) is 25.2 Å². The van der Waals surface area contributed by atoms with Crippen molar-refractivity contribution in [1.29, 1.82) is 0 Å². The van der Waals surface area contributed by atoms with Gasteiger partial charge in [0.25, 0.3) is 5.91 Å². The SMILES string of the molecule is O=C(c1ccccc1)N1CC2CN3C=C1C2CC3. The van der Waals surface area contributed by atoms with E-state index < -0.39 is 0 Å². The molecule has 0 spiro atoms. The Morgan fingerprint density at radius 1 is 1.17 bits per heavy atom. The second-order valence-corrected chi connectivity index (χ2v) is 5.49. The molecule has 0 saturated carbocycles. The van der Waals surface area contributed by atoms with Crippen LogP contribution in [0.3, 0.4) is 0 Å². The third-order valence-corrected chi connectivity index (χ3v) is 4.45. The summed E-state index contributed by atoms with van der Waals surface area (Å²) in [5.74, 6) is 1.45. The maximum Gasteiger partial charge on any atom is 0.258 e. The number of likely N-dealkylation sites (tertiary alicyclic amines) is 1. The van der Waals surface area contributed by atoms with Crippen LogP contribution in [-0.2, 0) is 0 Å². The summed E-state index contributed by atoms with van der Waals surface area (Å²) in [5, 5.41) is 0. The number of hydrogen-bond acceptors (Lipinski definition) is 2. The number of allylic oxidation sites excluding steroid dienone is 1. The van der Waals surface area contributed by atoms with Gasteiger partial charge in [-0.15, -0.1) is 0 Å². The Balaban J connectivity index is 1.68. The van der Waals surface area contributed by atoms with Crippen molar-refractivity contribution < 1.29 is 4.79 Å². The zero-order valence-electron chi connectivity index (χ0n) is 10.2. The Morgan fingerprint density at radius 2 is 2.00 bits per heavy atom. The molecule has 3 heteroatoms. The summed E-state index contributed by atoms with van der Waals surface area (Å²) < 4.78 is 0. The number of carbonyl (C=O) groups is 1. The number of fused-ring (bicyclic) bond motifs is 1. The molecule has 2 fully saturated rings. The van der Waals surface area contributed by atoms with Gasteiger partial charge in [0, 0.05) is 48.9 Å². The first-order valence-corrected chi connectivity index (χ1v) is 6.65. The summed E-state index contributed by atoms with van der Waals surface area (Å²) >= 11 is 0. The highest BCUT2D eigenvalue weighted by Gasteiger charge is 2.46. The average molecular weight is 240 g/mol. The first-order chi connectivity index (χ1) is 8.83. The molecule has 0 aromatic heterocycles. The van der Waals surface area contributed by atoms with Crippen LogP contribution in [0.4, 0.5) is 0 Å². The van der Waals surface area contributed by atoms with Crippen LogP contribution >= 0.6 is 0 Å². The molecular formula is C15H16N2O. The number of hydrogen-bond donors (Lipinski definition) is 0. The highest BCUT2D eigenvalue weighted by Crippen LogP contribution is 2.43. The number of piperidine rings is 1. The minimum atomic E-state index is 0.165. The molecule has 5 rings (SSSR count). The van der Waals surface area contributed by atoms with Crippen molar-refractivity contribution in [1.82, 2.24) is 9.80 Å². The zero-order chi connectivity index (χ0) is 12.1. The van der Waals surface area contributed by atoms with Gasteiger partial charge in [0.15, 0.2) is 0 Å². The van der Waals surface area contributed by atoms with E-state index in [1.165, 1.54) is 12.1 Å². The summed E-state index contributed by atoms with van der Waals surface area (Å²) in [7, 11) is 0. The van der Waals surface area contributed by atoms with Gasteiger partial charge >= 0.3 is 0 Å². The number of carbonyl (C=O) groups excluding carboxylic acids is 1.